The largest absolute Gasteiger partial charge is 0.361 e. The molecule has 2 heteroatoms. The van der Waals surface area contributed by atoms with E-state index < -0.39 is 0 Å². The summed E-state index contributed by atoms with van der Waals surface area (Å²) in [5.41, 5.74) is 6.18. The molecule has 0 atom stereocenters. The molecular formula is C21H22N2. The van der Waals surface area contributed by atoms with E-state index in [-0.39, 0.29) is 0 Å². The Morgan fingerprint density at radius 2 is 1.61 bits per heavy atom. The zero-order valence-electron chi connectivity index (χ0n) is 13.5. The summed E-state index contributed by atoms with van der Waals surface area (Å²) in [4.78, 5) is 4.60. The van der Waals surface area contributed by atoms with Crippen molar-refractivity contribution >= 4 is 17.6 Å². The van der Waals surface area contributed by atoms with Crippen LogP contribution in [0.3, 0.4) is 0 Å². The maximum atomic E-state index is 4.60. The first-order valence-electron chi connectivity index (χ1n) is 8.13. The molecular weight excluding hydrogens is 280 g/mol. The van der Waals surface area contributed by atoms with Gasteiger partial charge in [0.05, 0.1) is 5.69 Å². The number of hydrogen-bond acceptors (Lipinski definition) is 2. The van der Waals surface area contributed by atoms with Crippen LogP contribution < -0.4 is 5.32 Å². The van der Waals surface area contributed by atoms with E-state index in [4.69, 9.17) is 0 Å². The first-order chi connectivity index (χ1) is 11.3. The van der Waals surface area contributed by atoms with Crippen molar-refractivity contribution in [2.24, 2.45) is 4.99 Å². The molecule has 116 valence electrons. The second-order valence-corrected chi connectivity index (χ2v) is 5.78. The predicted octanol–water partition coefficient (Wildman–Crippen LogP) is 5.89. The fraction of sp³-hybridized carbons (Fsp3) is 0.190. The first-order valence-corrected chi connectivity index (χ1v) is 8.13. The van der Waals surface area contributed by atoms with Crippen molar-refractivity contribution in [3.8, 4) is 0 Å². The molecule has 0 aromatic heterocycles. The summed E-state index contributed by atoms with van der Waals surface area (Å²) in [6.07, 6.45) is 7.56. The molecule has 23 heavy (non-hydrogen) atoms. The SMILES string of the molecule is CC1=C(/C=N/c2ccccc2)CCC/C1=C\Nc1ccccc1. The van der Waals surface area contributed by atoms with Crippen LogP contribution in [0.5, 0.6) is 0 Å². The lowest BCUT2D eigenvalue weighted by Gasteiger charge is -2.18. The van der Waals surface area contributed by atoms with Gasteiger partial charge >= 0.3 is 0 Å². The Kier molecular flexibility index (Phi) is 5.05. The van der Waals surface area contributed by atoms with Gasteiger partial charge in [-0.2, -0.15) is 0 Å². The molecule has 1 N–H and O–H groups in total. The molecule has 0 bridgehead atoms. The Balaban J connectivity index is 1.76. The zero-order chi connectivity index (χ0) is 15.9. The average Bonchev–Trinajstić information content (AvgIpc) is 2.61. The summed E-state index contributed by atoms with van der Waals surface area (Å²) in [5.74, 6) is 0. The van der Waals surface area contributed by atoms with Crippen molar-refractivity contribution in [3.63, 3.8) is 0 Å². The van der Waals surface area contributed by atoms with Crippen LogP contribution in [0.2, 0.25) is 0 Å². The number of hydrogen-bond donors (Lipinski definition) is 1. The van der Waals surface area contributed by atoms with Crippen LogP contribution in [0.15, 0.2) is 88.6 Å². The highest BCUT2D eigenvalue weighted by atomic mass is 14.8. The Morgan fingerprint density at radius 1 is 0.913 bits per heavy atom. The van der Waals surface area contributed by atoms with Crippen LogP contribution in [0.25, 0.3) is 0 Å². The van der Waals surface area contributed by atoms with E-state index in [9.17, 15) is 0 Å². The highest BCUT2D eigenvalue weighted by Gasteiger charge is 2.12. The Morgan fingerprint density at radius 3 is 2.35 bits per heavy atom. The second kappa shape index (κ2) is 7.59. The van der Waals surface area contributed by atoms with Gasteiger partial charge in [0, 0.05) is 18.1 Å². The molecule has 2 aromatic carbocycles. The van der Waals surface area contributed by atoms with E-state index in [1.165, 1.54) is 23.1 Å². The molecule has 3 rings (SSSR count). The van der Waals surface area contributed by atoms with Gasteiger partial charge < -0.3 is 5.32 Å². The van der Waals surface area contributed by atoms with Gasteiger partial charge in [0.1, 0.15) is 0 Å². The lowest BCUT2D eigenvalue weighted by molar-refractivity contribution is 0.785. The van der Waals surface area contributed by atoms with E-state index >= 15 is 0 Å². The summed E-state index contributed by atoms with van der Waals surface area (Å²) in [7, 11) is 0. The van der Waals surface area contributed by atoms with E-state index in [0.717, 1.165) is 24.2 Å². The highest BCUT2D eigenvalue weighted by Crippen LogP contribution is 2.29. The van der Waals surface area contributed by atoms with Gasteiger partial charge in [0.2, 0.25) is 0 Å². The fourth-order valence-electron chi connectivity index (χ4n) is 2.76. The quantitative estimate of drug-likeness (QED) is 0.700. The van der Waals surface area contributed by atoms with Gasteiger partial charge in [0.15, 0.2) is 0 Å². The molecule has 2 nitrogen and oxygen atoms in total. The number of benzene rings is 2. The molecule has 0 spiro atoms. The number of aliphatic imine (C=N–C) groups is 1. The van der Waals surface area contributed by atoms with Crippen LogP contribution in [-0.4, -0.2) is 6.21 Å². The minimum Gasteiger partial charge on any atom is -0.361 e. The molecule has 0 heterocycles. The van der Waals surface area contributed by atoms with Crippen LogP contribution in [0.4, 0.5) is 11.4 Å². The Bertz CT molecular complexity index is 725. The van der Waals surface area contributed by atoms with Crippen LogP contribution in [0.1, 0.15) is 26.2 Å². The van der Waals surface area contributed by atoms with Crippen molar-refractivity contribution in [2.75, 3.05) is 5.32 Å². The second-order valence-electron chi connectivity index (χ2n) is 5.78. The molecule has 0 fully saturated rings. The monoisotopic (exact) mass is 302 g/mol. The fourth-order valence-corrected chi connectivity index (χ4v) is 2.76. The summed E-state index contributed by atoms with van der Waals surface area (Å²) >= 11 is 0. The summed E-state index contributed by atoms with van der Waals surface area (Å²) < 4.78 is 0. The van der Waals surface area contributed by atoms with Gasteiger partial charge in [-0.25, -0.2) is 0 Å². The number of para-hydroxylation sites is 2. The Hall–Kier alpha value is -2.61. The molecule has 0 saturated heterocycles. The summed E-state index contributed by atoms with van der Waals surface area (Å²) in [6, 6.07) is 20.4. The highest BCUT2D eigenvalue weighted by molar-refractivity contribution is 5.83. The van der Waals surface area contributed by atoms with Gasteiger partial charge in [-0.3, -0.25) is 4.99 Å². The maximum Gasteiger partial charge on any atom is 0.0629 e. The van der Waals surface area contributed by atoms with Crippen molar-refractivity contribution in [3.05, 3.63) is 83.6 Å². The van der Waals surface area contributed by atoms with Crippen molar-refractivity contribution < 1.29 is 0 Å². The average molecular weight is 302 g/mol. The van der Waals surface area contributed by atoms with Crippen LogP contribution >= 0.6 is 0 Å². The number of rotatable bonds is 4. The lowest BCUT2D eigenvalue weighted by atomic mass is 9.89. The van der Waals surface area contributed by atoms with E-state index in [2.05, 4.69) is 35.6 Å². The maximum absolute atomic E-state index is 4.60. The molecule has 0 aliphatic heterocycles. The summed E-state index contributed by atoms with van der Waals surface area (Å²) in [5, 5.41) is 3.40. The predicted molar refractivity (Wildman–Crippen MR) is 99.3 cm³/mol. The zero-order valence-corrected chi connectivity index (χ0v) is 13.5. The van der Waals surface area contributed by atoms with E-state index in [1.807, 2.05) is 54.7 Å². The molecule has 0 saturated carbocycles. The topological polar surface area (TPSA) is 24.4 Å². The van der Waals surface area contributed by atoms with Gasteiger partial charge in [-0.1, -0.05) is 36.4 Å². The number of allylic oxidation sites excluding steroid dienone is 3. The third kappa shape index (κ3) is 4.19. The standard InChI is InChI=1S/C21H22N2/c1-17-18(15-22-20-11-4-2-5-12-20)9-8-10-19(17)16-23-21-13-6-3-7-14-21/h2-7,11-16,22H,8-10H2,1H3/b18-15+,23-16+. The molecule has 0 radical (unpaired) electrons. The van der Waals surface area contributed by atoms with Gasteiger partial charge in [-0.05, 0) is 67.2 Å². The smallest absolute Gasteiger partial charge is 0.0629 e. The Labute approximate surface area is 138 Å². The molecule has 1 aliphatic rings. The van der Waals surface area contributed by atoms with Gasteiger partial charge in [0.25, 0.3) is 0 Å². The third-order valence-electron chi connectivity index (χ3n) is 4.17. The molecule has 0 amide bonds. The summed E-state index contributed by atoms with van der Waals surface area (Å²) in [6.45, 7) is 2.20. The molecule has 2 aromatic rings. The van der Waals surface area contributed by atoms with Crippen molar-refractivity contribution in [2.45, 2.75) is 26.2 Å². The lowest BCUT2D eigenvalue weighted by Crippen LogP contribution is -2.04. The molecule has 1 aliphatic carbocycles. The molecule has 0 unspecified atom stereocenters. The minimum atomic E-state index is 1.01. The number of anilines is 1. The third-order valence-corrected chi connectivity index (χ3v) is 4.17. The first kappa shape index (κ1) is 15.3. The van der Waals surface area contributed by atoms with E-state index in [0.29, 0.717) is 0 Å². The van der Waals surface area contributed by atoms with Crippen molar-refractivity contribution in [1.29, 1.82) is 0 Å². The van der Waals surface area contributed by atoms with E-state index in [1.54, 1.807) is 0 Å². The van der Waals surface area contributed by atoms with Gasteiger partial charge in [-0.15, -0.1) is 0 Å². The van der Waals surface area contributed by atoms with Crippen molar-refractivity contribution in [1.82, 2.24) is 0 Å². The van der Waals surface area contributed by atoms with Crippen LogP contribution in [-0.2, 0) is 0 Å². The minimum absolute atomic E-state index is 1.01. The number of nitrogens with one attached hydrogen (secondary N) is 1. The number of nitrogens with zero attached hydrogens (tertiary/aromatic N) is 1. The normalized spacial score (nSPS) is 17.0. The van der Waals surface area contributed by atoms with Crippen LogP contribution in [0, 0.1) is 0 Å².